The Morgan fingerprint density at radius 2 is 2.19 bits per heavy atom. The minimum Gasteiger partial charge on any atom is -0.387 e. The molecule has 1 aliphatic rings. The van der Waals surface area contributed by atoms with E-state index in [1.54, 1.807) is 12.1 Å². The Bertz CT molecular complexity index is 322. The maximum Gasteiger partial charge on any atom is 0.0914 e. The van der Waals surface area contributed by atoms with Crippen molar-refractivity contribution in [1.29, 1.82) is 0 Å². The number of ether oxygens (including phenoxy) is 1. The lowest BCUT2D eigenvalue weighted by atomic mass is 10.1. The Morgan fingerprint density at radius 1 is 1.44 bits per heavy atom. The molecule has 16 heavy (non-hydrogen) atoms. The van der Waals surface area contributed by atoms with Gasteiger partial charge in [0.15, 0.2) is 0 Å². The van der Waals surface area contributed by atoms with Gasteiger partial charge in [0.25, 0.3) is 0 Å². The van der Waals surface area contributed by atoms with Crippen LogP contribution in [0.4, 0.5) is 0 Å². The molecule has 3 nitrogen and oxygen atoms in total. The third-order valence-electron chi connectivity index (χ3n) is 2.78. The molecule has 2 rings (SSSR count). The Hall–Kier alpha value is -0.610. The van der Waals surface area contributed by atoms with Gasteiger partial charge in [0.2, 0.25) is 0 Å². The standard InChI is InChI=1S/C12H16ClNO2/c13-10-3-1-9(2-4-10)12(15)7-14-11-5-6-16-8-11/h1-4,11-12,14-15H,5-8H2. The van der Waals surface area contributed by atoms with Gasteiger partial charge in [-0.15, -0.1) is 0 Å². The van der Waals surface area contributed by atoms with Crippen LogP contribution in [-0.4, -0.2) is 30.9 Å². The molecule has 2 atom stereocenters. The van der Waals surface area contributed by atoms with Crippen LogP contribution in [0.1, 0.15) is 18.1 Å². The number of aliphatic hydroxyl groups excluding tert-OH is 1. The fourth-order valence-electron chi connectivity index (χ4n) is 1.78. The predicted octanol–water partition coefficient (Wildman–Crippen LogP) is 1.75. The van der Waals surface area contributed by atoms with E-state index in [0.717, 1.165) is 25.2 Å². The van der Waals surface area contributed by atoms with Crippen molar-refractivity contribution in [2.75, 3.05) is 19.8 Å². The van der Waals surface area contributed by atoms with E-state index in [1.807, 2.05) is 12.1 Å². The van der Waals surface area contributed by atoms with E-state index in [4.69, 9.17) is 16.3 Å². The SMILES string of the molecule is OC(CNC1CCOC1)c1ccc(Cl)cc1. The van der Waals surface area contributed by atoms with E-state index in [0.29, 0.717) is 17.6 Å². The number of nitrogens with one attached hydrogen (secondary N) is 1. The molecule has 2 unspecified atom stereocenters. The van der Waals surface area contributed by atoms with Crippen LogP contribution in [0.15, 0.2) is 24.3 Å². The monoisotopic (exact) mass is 241 g/mol. The van der Waals surface area contributed by atoms with E-state index < -0.39 is 6.10 Å². The van der Waals surface area contributed by atoms with Crippen LogP contribution in [0.5, 0.6) is 0 Å². The Labute approximate surface area is 100 Å². The van der Waals surface area contributed by atoms with Crippen LogP contribution < -0.4 is 5.32 Å². The van der Waals surface area contributed by atoms with E-state index in [1.165, 1.54) is 0 Å². The second-order valence-corrected chi connectivity index (χ2v) is 4.47. The summed E-state index contributed by atoms with van der Waals surface area (Å²) in [5.74, 6) is 0. The van der Waals surface area contributed by atoms with Gasteiger partial charge in [-0.05, 0) is 24.1 Å². The lowest BCUT2D eigenvalue weighted by Crippen LogP contribution is -2.32. The Kier molecular flexibility index (Phi) is 4.18. The largest absolute Gasteiger partial charge is 0.387 e. The molecule has 0 aliphatic carbocycles. The first-order valence-corrected chi connectivity index (χ1v) is 5.88. The number of hydrogen-bond acceptors (Lipinski definition) is 3. The minimum absolute atomic E-state index is 0.377. The molecule has 0 radical (unpaired) electrons. The molecule has 0 amide bonds. The topological polar surface area (TPSA) is 41.5 Å². The number of hydrogen-bond donors (Lipinski definition) is 2. The molecule has 0 saturated carbocycles. The molecule has 1 heterocycles. The van der Waals surface area contributed by atoms with E-state index in [-0.39, 0.29) is 0 Å². The molecule has 0 bridgehead atoms. The van der Waals surface area contributed by atoms with Crippen molar-refractivity contribution in [3.63, 3.8) is 0 Å². The third-order valence-corrected chi connectivity index (χ3v) is 3.04. The first kappa shape index (κ1) is 11.9. The normalized spacial score (nSPS) is 22.2. The highest BCUT2D eigenvalue weighted by atomic mass is 35.5. The summed E-state index contributed by atoms with van der Waals surface area (Å²) in [7, 11) is 0. The fourth-order valence-corrected chi connectivity index (χ4v) is 1.90. The lowest BCUT2D eigenvalue weighted by molar-refractivity contribution is 0.161. The highest BCUT2D eigenvalue weighted by molar-refractivity contribution is 6.30. The van der Waals surface area contributed by atoms with Crippen molar-refractivity contribution in [1.82, 2.24) is 5.32 Å². The molecule has 88 valence electrons. The van der Waals surface area contributed by atoms with Crippen molar-refractivity contribution in [3.8, 4) is 0 Å². The molecule has 1 aromatic carbocycles. The van der Waals surface area contributed by atoms with Gasteiger partial charge in [-0.25, -0.2) is 0 Å². The molecule has 1 aromatic rings. The molecule has 1 saturated heterocycles. The van der Waals surface area contributed by atoms with Gasteiger partial charge in [0.05, 0.1) is 12.7 Å². The Morgan fingerprint density at radius 3 is 2.81 bits per heavy atom. The summed E-state index contributed by atoms with van der Waals surface area (Å²) in [4.78, 5) is 0. The summed E-state index contributed by atoms with van der Waals surface area (Å²) in [5, 5.41) is 13.9. The van der Waals surface area contributed by atoms with Gasteiger partial charge in [-0.1, -0.05) is 23.7 Å². The smallest absolute Gasteiger partial charge is 0.0914 e. The first-order chi connectivity index (χ1) is 7.75. The summed E-state index contributed by atoms with van der Waals surface area (Å²) in [5.41, 5.74) is 0.885. The maximum absolute atomic E-state index is 9.93. The average Bonchev–Trinajstić information content (AvgIpc) is 2.80. The molecular formula is C12H16ClNO2. The predicted molar refractivity (Wildman–Crippen MR) is 63.6 cm³/mol. The van der Waals surface area contributed by atoms with Crippen molar-refractivity contribution in [3.05, 3.63) is 34.9 Å². The number of benzene rings is 1. The molecule has 4 heteroatoms. The van der Waals surface area contributed by atoms with Crippen LogP contribution in [0, 0.1) is 0 Å². The molecule has 2 N–H and O–H groups in total. The van der Waals surface area contributed by atoms with Crippen LogP contribution in [0.25, 0.3) is 0 Å². The Balaban J connectivity index is 1.82. The second-order valence-electron chi connectivity index (χ2n) is 4.04. The van der Waals surface area contributed by atoms with E-state index in [2.05, 4.69) is 5.32 Å². The molecule has 1 aliphatic heterocycles. The van der Waals surface area contributed by atoms with Gasteiger partial charge in [-0.2, -0.15) is 0 Å². The van der Waals surface area contributed by atoms with Crippen LogP contribution in [0.3, 0.4) is 0 Å². The number of halogens is 1. The van der Waals surface area contributed by atoms with Crippen molar-refractivity contribution in [2.24, 2.45) is 0 Å². The van der Waals surface area contributed by atoms with Crippen LogP contribution in [-0.2, 0) is 4.74 Å². The molecule has 0 aromatic heterocycles. The van der Waals surface area contributed by atoms with E-state index in [9.17, 15) is 5.11 Å². The van der Waals surface area contributed by atoms with Crippen molar-refractivity contribution >= 4 is 11.6 Å². The van der Waals surface area contributed by atoms with Gasteiger partial charge in [-0.3, -0.25) is 0 Å². The van der Waals surface area contributed by atoms with Crippen LogP contribution >= 0.6 is 11.6 Å². The molecular weight excluding hydrogens is 226 g/mol. The second kappa shape index (κ2) is 5.64. The van der Waals surface area contributed by atoms with Crippen LogP contribution in [0.2, 0.25) is 5.02 Å². The zero-order valence-corrected chi connectivity index (χ0v) is 9.78. The quantitative estimate of drug-likeness (QED) is 0.844. The highest BCUT2D eigenvalue weighted by Crippen LogP contribution is 2.16. The first-order valence-electron chi connectivity index (χ1n) is 5.50. The number of aliphatic hydroxyl groups is 1. The fraction of sp³-hybridized carbons (Fsp3) is 0.500. The summed E-state index contributed by atoms with van der Waals surface area (Å²) in [6, 6.07) is 7.65. The highest BCUT2D eigenvalue weighted by Gasteiger charge is 2.16. The van der Waals surface area contributed by atoms with Gasteiger partial charge in [0, 0.05) is 24.2 Å². The van der Waals surface area contributed by atoms with Crippen molar-refractivity contribution in [2.45, 2.75) is 18.6 Å². The summed E-state index contributed by atoms with van der Waals surface area (Å²) in [6.45, 7) is 2.11. The lowest BCUT2D eigenvalue weighted by Gasteiger charge is -2.15. The summed E-state index contributed by atoms with van der Waals surface area (Å²) < 4.78 is 5.25. The van der Waals surface area contributed by atoms with E-state index >= 15 is 0 Å². The summed E-state index contributed by atoms with van der Waals surface area (Å²) >= 11 is 5.78. The van der Waals surface area contributed by atoms with Gasteiger partial charge < -0.3 is 15.2 Å². The van der Waals surface area contributed by atoms with Gasteiger partial charge >= 0.3 is 0 Å². The summed E-state index contributed by atoms with van der Waals surface area (Å²) in [6.07, 6.45) is 0.533. The third kappa shape index (κ3) is 3.19. The minimum atomic E-state index is -0.488. The maximum atomic E-state index is 9.93. The zero-order chi connectivity index (χ0) is 11.4. The van der Waals surface area contributed by atoms with Gasteiger partial charge in [0.1, 0.15) is 0 Å². The average molecular weight is 242 g/mol. The molecule has 1 fully saturated rings. The molecule has 0 spiro atoms. The van der Waals surface area contributed by atoms with Crippen molar-refractivity contribution < 1.29 is 9.84 Å². The zero-order valence-electron chi connectivity index (χ0n) is 9.03. The number of rotatable bonds is 4.